The molecule has 0 heterocycles. The molecule has 0 aliphatic rings. The van der Waals surface area contributed by atoms with E-state index in [0.717, 1.165) is 18.5 Å². The highest BCUT2D eigenvalue weighted by molar-refractivity contribution is 5.43. The Morgan fingerprint density at radius 3 is 2.73 bits per heavy atom. The fourth-order valence-corrected chi connectivity index (χ4v) is 1.64. The highest BCUT2D eigenvalue weighted by Gasteiger charge is 2.05. The van der Waals surface area contributed by atoms with E-state index in [1.165, 1.54) is 18.9 Å². The summed E-state index contributed by atoms with van der Waals surface area (Å²) in [6.07, 6.45) is 4.67. The van der Waals surface area contributed by atoms with Gasteiger partial charge in [0.05, 0.1) is 0 Å². The standard InChI is InChI=1S/C13H20FN/c1-3-5-8-12(4-2)15-13-9-6-7-11(14)10-13/h6-7,9-10,12,15H,3-5,8H2,1-2H3. The van der Waals surface area contributed by atoms with E-state index in [1.54, 1.807) is 12.1 Å². The number of benzene rings is 1. The predicted molar refractivity (Wildman–Crippen MR) is 63.6 cm³/mol. The molecule has 1 unspecified atom stereocenters. The number of nitrogens with one attached hydrogen (secondary N) is 1. The third kappa shape index (κ3) is 4.32. The highest BCUT2D eigenvalue weighted by atomic mass is 19.1. The van der Waals surface area contributed by atoms with E-state index in [0.29, 0.717) is 6.04 Å². The Morgan fingerprint density at radius 1 is 1.33 bits per heavy atom. The van der Waals surface area contributed by atoms with Crippen molar-refractivity contribution < 1.29 is 4.39 Å². The molecule has 1 nitrogen and oxygen atoms in total. The molecule has 15 heavy (non-hydrogen) atoms. The topological polar surface area (TPSA) is 12.0 Å². The van der Waals surface area contributed by atoms with E-state index in [-0.39, 0.29) is 5.82 Å². The van der Waals surface area contributed by atoms with Crippen LogP contribution in [0.3, 0.4) is 0 Å². The van der Waals surface area contributed by atoms with Gasteiger partial charge in [-0.25, -0.2) is 4.39 Å². The summed E-state index contributed by atoms with van der Waals surface area (Å²) in [4.78, 5) is 0. The summed E-state index contributed by atoms with van der Waals surface area (Å²) in [7, 11) is 0. The number of rotatable bonds is 6. The molecule has 0 spiro atoms. The largest absolute Gasteiger partial charge is 0.382 e. The van der Waals surface area contributed by atoms with Gasteiger partial charge in [-0.05, 0) is 31.0 Å². The third-order valence-electron chi connectivity index (χ3n) is 2.59. The predicted octanol–water partition coefficient (Wildman–Crippen LogP) is 4.21. The van der Waals surface area contributed by atoms with Crippen LogP contribution in [0.2, 0.25) is 0 Å². The molecule has 0 bridgehead atoms. The molecule has 0 radical (unpaired) electrons. The van der Waals surface area contributed by atoms with E-state index < -0.39 is 0 Å². The second-order valence-electron chi connectivity index (χ2n) is 3.90. The maximum absolute atomic E-state index is 12.9. The van der Waals surface area contributed by atoms with Crippen LogP contribution in [0.1, 0.15) is 39.5 Å². The summed E-state index contributed by atoms with van der Waals surface area (Å²) in [5, 5.41) is 3.36. The van der Waals surface area contributed by atoms with E-state index >= 15 is 0 Å². The van der Waals surface area contributed by atoms with Crippen LogP contribution in [0.5, 0.6) is 0 Å². The maximum atomic E-state index is 12.9. The van der Waals surface area contributed by atoms with Crippen molar-refractivity contribution >= 4 is 5.69 Å². The Balaban J connectivity index is 2.50. The van der Waals surface area contributed by atoms with Crippen LogP contribution in [0.25, 0.3) is 0 Å². The minimum atomic E-state index is -0.176. The molecule has 84 valence electrons. The zero-order valence-electron chi connectivity index (χ0n) is 9.59. The van der Waals surface area contributed by atoms with Gasteiger partial charge in [0.25, 0.3) is 0 Å². The fourth-order valence-electron chi connectivity index (χ4n) is 1.64. The van der Waals surface area contributed by atoms with Gasteiger partial charge in [-0.3, -0.25) is 0 Å². The van der Waals surface area contributed by atoms with Crippen molar-refractivity contribution in [3.05, 3.63) is 30.1 Å². The molecule has 0 aliphatic carbocycles. The van der Waals surface area contributed by atoms with Gasteiger partial charge in [0, 0.05) is 11.7 Å². The summed E-state index contributed by atoms with van der Waals surface area (Å²) in [5.74, 6) is -0.176. The van der Waals surface area contributed by atoms with Gasteiger partial charge in [0.1, 0.15) is 5.82 Å². The molecular formula is C13H20FN. The molecule has 0 aliphatic heterocycles. The van der Waals surface area contributed by atoms with Crippen molar-refractivity contribution in [1.29, 1.82) is 0 Å². The first kappa shape index (κ1) is 12.0. The molecule has 1 N–H and O–H groups in total. The quantitative estimate of drug-likeness (QED) is 0.740. The lowest BCUT2D eigenvalue weighted by Gasteiger charge is -2.17. The normalized spacial score (nSPS) is 12.5. The van der Waals surface area contributed by atoms with E-state index in [9.17, 15) is 4.39 Å². The van der Waals surface area contributed by atoms with Crippen LogP contribution in [-0.4, -0.2) is 6.04 Å². The zero-order chi connectivity index (χ0) is 11.1. The van der Waals surface area contributed by atoms with Gasteiger partial charge in [-0.15, -0.1) is 0 Å². The van der Waals surface area contributed by atoms with Crippen molar-refractivity contribution in [3.8, 4) is 0 Å². The molecule has 1 aromatic carbocycles. The molecule has 1 aromatic rings. The lowest BCUT2D eigenvalue weighted by molar-refractivity contribution is 0.591. The van der Waals surface area contributed by atoms with Crippen LogP contribution in [-0.2, 0) is 0 Å². The van der Waals surface area contributed by atoms with Crippen LogP contribution < -0.4 is 5.32 Å². The number of anilines is 1. The molecule has 0 fully saturated rings. The smallest absolute Gasteiger partial charge is 0.125 e. The molecule has 1 atom stereocenters. The van der Waals surface area contributed by atoms with Gasteiger partial charge in [0.2, 0.25) is 0 Å². The average Bonchev–Trinajstić information content (AvgIpc) is 2.24. The Hall–Kier alpha value is -1.05. The summed E-state index contributed by atoms with van der Waals surface area (Å²) >= 11 is 0. The van der Waals surface area contributed by atoms with E-state index in [2.05, 4.69) is 19.2 Å². The zero-order valence-corrected chi connectivity index (χ0v) is 9.59. The SMILES string of the molecule is CCCCC(CC)Nc1cccc(F)c1. The monoisotopic (exact) mass is 209 g/mol. The number of hydrogen-bond acceptors (Lipinski definition) is 1. The Kier molecular flexibility index (Phi) is 5.16. The third-order valence-corrected chi connectivity index (χ3v) is 2.59. The van der Waals surface area contributed by atoms with Gasteiger partial charge in [0.15, 0.2) is 0 Å². The lowest BCUT2D eigenvalue weighted by Crippen LogP contribution is -2.18. The van der Waals surface area contributed by atoms with Crippen LogP contribution in [0.15, 0.2) is 24.3 Å². The molecule has 0 saturated carbocycles. The summed E-state index contributed by atoms with van der Waals surface area (Å²) < 4.78 is 12.9. The molecular weight excluding hydrogens is 189 g/mol. The summed E-state index contributed by atoms with van der Waals surface area (Å²) in [6, 6.07) is 7.14. The summed E-state index contributed by atoms with van der Waals surface area (Å²) in [6.45, 7) is 4.35. The average molecular weight is 209 g/mol. The van der Waals surface area contributed by atoms with Gasteiger partial charge in [-0.2, -0.15) is 0 Å². The highest BCUT2D eigenvalue weighted by Crippen LogP contribution is 2.14. The second kappa shape index (κ2) is 6.44. The molecule has 2 heteroatoms. The van der Waals surface area contributed by atoms with Crippen molar-refractivity contribution in [2.75, 3.05) is 5.32 Å². The summed E-state index contributed by atoms with van der Waals surface area (Å²) in [5.41, 5.74) is 0.887. The lowest BCUT2D eigenvalue weighted by atomic mass is 10.1. The van der Waals surface area contributed by atoms with Gasteiger partial charge < -0.3 is 5.32 Å². The minimum absolute atomic E-state index is 0.176. The first-order chi connectivity index (χ1) is 7.26. The number of hydrogen-bond donors (Lipinski definition) is 1. The molecule has 0 saturated heterocycles. The fraction of sp³-hybridized carbons (Fsp3) is 0.538. The van der Waals surface area contributed by atoms with Crippen molar-refractivity contribution in [2.45, 2.75) is 45.6 Å². The Morgan fingerprint density at radius 2 is 2.13 bits per heavy atom. The van der Waals surface area contributed by atoms with Crippen LogP contribution in [0.4, 0.5) is 10.1 Å². The minimum Gasteiger partial charge on any atom is -0.382 e. The van der Waals surface area contributed by atoms with Crippen LogP contribution >= 0.6 is 0 Å². The Bertz CT molecular complexity index is 286. The molecule has 0 aromatic heterocycles. The van der Waals surface area contributed by atoms with Gasteiger partial charge >= 0.3 is 0 Å². The Labute approximate surface area is 91.7 Å². The van der Waals surface area contributed by atoms with Crippen molar-refractivity contribution in [1.82, 2.24) is 0 Å². The number of unbranched alkanes of at least 4 members (excludes halogenated alkanes) is 1. The maximum Gasteiger partial charge on any atom is 0.125 e. The van der Waals surface area contributed by atoms with Crippen molar-refractivity contribution in [2.24, 2.45) is 0 Å². The second-order valence-corrected chi connectivity index (χ2v) is 3.90. The first-order valence-electron chi connectivity index (χ1n) is 5.78. The van der Waals surface area contributed by atoms with Gasteiger partial charge in [-0.1, -0.05) is 32.8 Å². The van der Waals surface area contributed by atoms with E-state index in [1.807, 2.05) is 6.07 Å². The first-order valence-corrected chi connectivity index (χ1v) is 5.78. The van der Waals surface area contributed by atoms with Crippen LogP contribution in [0, 0.1) is 5.82 Å². The number of halogens is 1. The molecule has 0 amide bonds. The molecule has 1 rings (SSSR count). The van der Waals surface area contributed by atoms with Crippen molar-refractivity contribution in [3.63, 3.8) is 0 Å². The van der Waals surface area contributed by atoms with E-state index in [4.69, 9.17) is 0 Å².